The average molecular weight is 325 g/mol. The summed E-state index contributed by atoms with van der Waals surface area (Å²) in [6.07, 6.45) is -0.380. The fraction of sp³-hybridized carbons (Fsp3) is 0.214. The minimum Gasteiger partial charge on any atom is -0.486 e. The van der Waals surface area contributed by atoms with Crippen LogP contribution >= 0.6 is 11.6 Å². The van der Waals surface area contributed by atoms with Gasteiger partial charge in [-0.25, -0.2) is 4.39 Å². The second-order valence-electron chi connectivity index (χ2n) is 4.53. The highest BCUT2D eigenvalue weighted by molar-refractivity contribution is 6.29. The Bertz CT molecular complexity index is 684. The summed E-state index contributed by atoms with van der Waals surface area (Å²) < 4.78 is 18.9. The molecule has 0 aliphatic rings. The zero-order valence-electron chi connectivity index (χ0n) is 11.7. The number of para-hydroxylation sites is 1. The highest BCUT2D eigenvalue weighted by Crippen LogP contribution is 2.18. The summed E-state index contributed by atoms with van der Waals surface area (Å²) in [7, 11) is 0. The smallest absolute Gasteiger partial charge is 0.252 e. The van der Waals surface area contributed by atoms with E-state index in [1.807, 2.05) is 0 Å². The molecule has 1 atom stereocenters. The van der Waals surface area contributed by atoms with Crippen molar-refractivity contribution in [3.8, 4) is 5.75 Å². The van der Waals surface area contributed by atoms with Crippen molar-refractivity contribution in [2.45, 2.75) is 13.0 Å². The molecule has 0 aliphatic carbocycles. The van der Waals surface area contributed by atoms with Crippen LogP contribution in [0.25, 0.3) is 0 Å². The van der Waals surface area contributed by atoms with Gasteiger partial charge in [-0.2, -0.15) is 0 Å². The average Bonchev–Trinajstić information content (AvgIpc) is 2.48. The van der Waals surface area contributed by atoms with E-state index in [0.29, 0.717) is 0 Å². The van der Waals surface area contributed by atoms with Crippen molar-refractivity contribution in [2.75, 3.05) is 11.9 Å². The Hall–Kier alpha value is -2.41. The molecule has 1 unspecified atom stereocenters. The number of nitrogens with zero attached hydrogens (tertiary/aromatic N) is 2. The van der Waals surface area contributed by atoms with Crippen LogP contribution < -0.4 is 15.8 Å². The summed E-state index contributed by atoms with van der Waals surface area (Å²) in [6, 6.07) is 7.41. The lowest BCUT2D eigenvalue weighted by Crippen LogP contribution is -2.25. The lowest BCUT2D eigenvalue weighted by molar-refractivity contribution is 0.100. The number of anilines is 1. The van der Waals surface area contributed by atoms with E-state index in [4.69, 9.17) is 22.1 Å². The number of benzene rings is 1. The molecule has 0 saturated carbocycles. The third-order valence-corrected chi connectivity index (χ3v) is 2.94. The van der Waals surface area contributed by atoms with Crippen LogP contribution in [0.4, 0.5) is 10.2 Å². The summed E-state index contributed by atoms with van der Waals surface area (Å²) >= 11 is 5.67. The second-order valence-corrected chi connectivity index (χ2v) is 4.92. The maximum absolute atomic E-state index is 13.5. The van der Waals surface area contributed by atoms with Crippen LogP contribution in [-0.4, -0.2) is 28.8 Å². The molecule has 2 aromatic rings. The van der Waals surface area contributed by atoms with Crippen LogP contribution in [0.2, 0.25) is 5.15 Å². The molecule has 1 aromatic carbocycles. The van der Waals surface area contributed by atoms with E-state index in [1.54, 1.807) is 19.1 Å². The number of primary amides is 1. The van der Waals surface area contributed by atoms with E-state index in [-0.39, 0.29) is 34.9 Å². The highest BCUT2D eigenvalue weighted by Gasteiger charge is 2.14. The zero-order chi connectivity index (χ0) is 16.1. The molecule has 1 heterocycles. The number of nitrogens with one attached hydrogen (secondary N) is 1. The topological polar surface area (TPSA) is 90.1 Å². The fourth-order valence-electron chi connectivity index (χ4n) is 1.73. The van der Waals surface area contributed by atoms with Crippen molar-refractivity contribution in [3.63, 3.8) is 0 Å². The van der Waals surface area contributed by atoms with E-state index in [1.165, 1.54) is 18.2 Å². The minimum atomic E-state index is -0.679. The monoisotopic (exact) mass is 324 g/mol. The van der Waals surface area contributed by atoms with Gasteiger partial charge in [-0.1, -0.05) is 23.7 Å². The molecular formula is C14H14ClFN4O2. The van der Waals surface area contributed by atoms with Crippen LogP contribution in [-0.2, 0) is 0 Å². The number of carbonyl (C=O) groups is 1. The molecule has 6 nitrogen and oxygen atoms in total. The SMILES string of the molecule is CC(CNc1nnc(Cl)cc1C(N)=O)Oc1ccccc1F. The van der Waals surface area contributed by atoms with Gasteiger partial charge in [0.15, 0.2) is 22.5 Å². The minimum absolute atomic E-state index is 0.0648. The molecule has 0 bridgehead atoms. The number of ether oxygens (including phenoxy) is 1. The van der Waals surface area contributed by atoms with Crippen LogP contribution in [0.1, 0.15) is 17.3 Å². The van der Waals surface area contributed by atoms with Crippen molar-refractivity contribution >= 4 is 23.3 Å². The Morgan fingerprint density at radius 3 is 2.86 bits per heavy atom. The Balaban J connectivity index is 2.01. The van der Waals surface area contributed by atoms with Crippen LogP contribution in [0, 0.1) is 5.82 Å². The summed E-state index contributed by atoms with van der Waals surface area (Å²) in [5, 5.41) is 10.4. The first-order valence-corrected chi connectivity index (χ1v) is 6.83. The Morgan fingerprint density at radius 2 is 2.18 bits per heavy atom. The number of hydrogen-bond donors (Lipinski definition) is 2. The predicted octanol–water partition coefficient (Wildman–Crippen LogP) is 2.25. The van der Waals surface area contributed by atoms with Crippen molar-refractivity contribution in [1.29, 1.82) is 0 Å². The predicted molar refractivity (Wildman–Crippen MR) is 80.5 cm³/mol. The molecule has 0 fully saturated rings. The highest BCUT2D eigenvalue weighted by atomic mass is 35.5. The fourth-order valence-corrected chi connectivity index (χ4v) is 1.87. The van der Waals surface area contributed by atoms with Crippen LogP contribution in [0.5, 0.6) is 5.75 Å². The maximum Gasteiger partial charge on any atom is 0.252 e. The van der Waals surface area contributed by atoms with Gasteiger partial charge in [0, 0.05) is 0 Å². The molecule has 1 amide bonds. The summed E-state index contributed by atoms with van der Waals surface area (Å²) in [6.45, 7) is 2.01. The van der Waals surface area contributed by atoms with Gasteiger partial charge in [0.05, 0.1) is 12.1 Å². The normalized spacial score (nSPS) is 11.8. The zero-order valence-corrected chi connectivity index (χ0v) is 12.5. The number of rotatable bonds is 6. The molecule has 116 valence electrons. The Labute approximate surface area is 131 Å². The number of carbonyl (C=O) groups excluding carboxylic acids is 1. The van der Waals surface area contributed by atoms with Crippen molar-refractivity contribution in [1.82, 2.24) is 10.2 Å². The van der Waals surface area contributed by atoms with Crippen molar-refractivity contribution in [3.05, 3.63) is 46.9 Å². The lowest BCUT2D eigenvalue weighted by atomic mass is 10.2. The van der Waals surface area contributed by atoms with E-state index < -0.39 is 11.7 Å². The van der Waals surface area contributed by atoms with E-state index in [9.17, 15) is 9.18 Å². The first-order chi connectivity index (χ1) is 10.5. The van der Waals surface area contributed by atoms with Gasteiger partial charge in [-0.15, -0.1) is 10.2 Å². The molecule has 0 aliphatic heterocycles. The quantitative estimate of drug-likeness (QED) is 0.850. The summed E-state index contributed by atoms with van der Waals surface area (Å²) in [4.78, 5) is 11.3. The van der Waals surface area contributed by atoms with Gasteiger partial charge in [0.25, 0.3) is 5.91 Å². The number of amides is 1. The molecule has 0 saturated heterocycles. The van der Waals surface area contributed by atoms with Crippen molar-refractivity contribution in [2.24, 2.45) is 5.73 Å². The van der Waals surface area contributed by atoms with E-state index in [0.717, 1.165) is 0 Å². The molecule has 0 radical (unpaired) electrons. The lowest BCUT2D eigenvalue weighted by Gasteiger charge is -2.16. The maximum atomic E-state index is 13.5. The van der Waals surface area contributed by atoms with Gasteiger partial charge in [-0.05, 0) is 25.1 Å². The number of hydrogen-bond acceptors (Lipinski definition) is 5. The number of halogens is 2. The van der Waals surface area contributed by atoms with Crippen LogP contribution in [0.3, 0.4) is 0 Å². The molecule has 22 heavy (non-hydrogen) atoms. The summed E-state index contributed by atoms with van der Waals surface area (Å²) in [5.41, 5.74) is 5.37. The van der Waals surface area contributed by atoms with Gasteiger partial charge >= 0.3 is 0 Å². The number of nitrogens with two attached hydrogens (primary N) is 1. The van der Waals surface area contributed by atoms with Gasteiger partial charge in [0.2, 0.25) is 0 Å². The molecule has 0 spiro atoms. The van der Waals surface area contributed by atoms with Crippen molar-refractivity contribution < 1.29 is 13.9 Å². The third kappa shape index (κ3) is 4.05. The molecule has 2 rings (SSSR count). The molecule has 8 heteroatoms. The Kier molecular flexibility index (Phi) is 5.11. The van der Waals surface area contributed by atoms with Gasteiger partial charge in [0.1, 0.15) is 6.10 Å². The van der Waals surface area contributed by atoms with E-state index in [2.05, 4.69) is 15.5 Å². The number of aromatic nitrogens is 2. The summed E-state index contributed by atoms with van der Waals surface area (Å²) in [5.74, 6) is -0.782. The second kappa shape index (κ2) is 7.04. The Morgan fingerprint density at radius 1 is 1.45 bits per heavy atom. The molecular weight excluding hydrogens is 311 g/mol. The van der Waals surface area contributed by atoms with Crippen LogP contribution in [0.15, 0.2) is 30.3 Å². The largest absolute Gasteiger partial charge is 0.486 e. The third-order valence-electron chi connectivity index (χ3n) is 2.75. The molecule has 3 N–H and O–H groups in total. The van der Waals surface area contributed by atoms with Gasteiger partial charge in [-0.3, -0.25) is 4.79 Å². The standard InChI is InChI=1S/C14H14ClFN4O2/c1-8(22-11-5-3-2-4-10(11)16)7-18-14-9(13(17)21)6-12(15)19-20-14/h2-6,8H,7H2,1H3,(H2,17,21)(H,18,20). The molecule has 1 aromatic heterocycles. The first kappa shape index (κ1) is 16.0. The first-order valence-electron chi connectivity index (χ1n) is 6.45. The van der Waals surface area contributed by atoms with E-state index >= 15 is 0 Å². The van der Waals surface area contributed by atoms with Gasteiger partial charge < -0.3 is 15.8 Å².